The van der Waals surface area contributed by atoms with Crippen LogP contribution in [0.3, 0.4) is 0 Å². The normalized spacial score (nSPS) is 9.75. The van der Waals surface area contributed by atoms with E-state index in [2.05, 4.69) is 6.07 Å². The van der Waals surface area contributed by atoms with Crippen LogP contribution in [0.5, 0.6) is 5.75 Å². The van der Waals surface area contributed by atoms with Crippen molar-refractivity contribution in [2.75, 3.05) is 13.2 Å². The first-order chi connectivity index (χ1) is 7.88. The quantitative estimate of drug-likeness (QED) is 0.717. The molecule has 0 amide bonds. The van der Waals surface area contributed by atoms with Crippen molar-refractivity contribution in [3.05, 3.63) is 29.8 Å². The Balaban J connectivity index is 2.24. The summed E-state index contributed by atoms with van der Waals surface area (Å²) < 4.78 is 5.52. The van der Waals surface area contributed by atoms with Crippen molar-refractivity contribution < 1.29 is 9.84 Å². The van der Waals surface area contributed by atoms with Crippen LogP contribution in [0, 0.1) is 11.3 Å². The SMILES string of the molecule is N#Cc1ccccc1OCCCCCCO. The van der Waals surface area contributed by atoms with Crippen molar-refractivity contribution in [1.29, 1.82) is 5.26 Å². The molecule has 1 rings (SSSR count). The Morgan fingerprint density at radius 1 is 1.12 bits per heavy atom. The summed E-state index contributed by atoms with van der Waals surface area (Å²) in [5, 5.41) is 17.4. The van der Waals surface area contributed by atoms with Gasteiger partial charge in [-0.05, 0) is 31.4 Å². The highest BCUT2D eigenvalue weighted by atomic mass is 16.5. The number of hydrogen-bond acceptors (Lipinski definition) is 3. The monoisotopic (exact) mass is 219 g/mol. The van der Waals surface area contributed by atoms with E-state index in [4.69, 9.17) is 15.1 Å². The summed E-state index contributed by atoms with van der Waals surface area (Å²) in [5.74, 6) is 0.659. The van der Waals surface area contributed by atoms with Crippen LogP contribution in [0.25, 0.3) is 0 Å². The second-order valence-corrected chi connectivity index (χ2v) is 3.59. The molecule has 0 aromatic heterocycles. The summed E-state index contributed by atoms with van der Waals surface area (Å²) >= 11 is 0. The standard InChI is InChI=1S/C13H17NO2/c14-11-12-7-3-4-8-13(12)16-10-6-2-1-5-9-15/h3-4,7-8,15H,1-2,5-6,9-10H2. The fourth-order valence-corrected chi connectivity index (χ4v) is 1.43. The van der Waals surface area contributed by atoms with E-state index in [-0.39, 0.29) is 6.61 Å². The van der Waals surface area contributed by atoms with Gasteiger partial charge in [0.25, 0.3) is 0 Å². The van der Waals surface area contributed by atoms with Crippen LogP contribution < -0.4 is 4.74 Å². The first kappa shape index (κ1) is 12.5. The number of nitriles is 1. The molecule has 1 N–H and O–H groups in total. The topological polar surface area (TPSA) is 53.2 Å². The fraction of sp³-hybridized carbons (Fsp3) is 0.462. The highest BCUT2D eigenvalue weighted by Crippen LogP contribution is 2.16. The molecule has 0 radical (unpaired) electrons. The zero-order valence-corrected chi connectivity index (χ0v) is 9.35. The highest BCUT2D eigenvalue weighted by molar-refractivity contribution is 5.42. The lowest BCUT2D eigenvalue weighted by molar-refractivity contribution is 0.273. The van der Waals surface area contributed by atoms with E-state index < -0.39 is 0 Å². The third kappa shape index (κ3) is 4.33. The molecular weight excluding hydrogens is 202 g/mol. The Morgan fingerprint density at radius 3 is 2.62 bits per heavy atom. The van der Waals surface area contributed by atoms with Gasteiger partial charge in [0.1, 0.15) is 11.8 Å². The van der Waals surface area contributed by atoms with Gasteiger partial charge < -0.3 is 9.84 Å². The van der Waals surface area contributed by atoms with Crippen molar-refractivity contribution in [2.24, 2.45) is 0 Å². The van der Waals surface area contributed by atoms with Gasteiger partial charge in [0, 0.05) is 6.61 Å². The molecule has 3 heteroatoms. The molecule has 0 bridgehead atoms. The summed E-state index contributed by atoms with van der Waals surface area (Å²) in [6.07, 6.45) is 3.89. The van der Waals surface area contributed by atoms with E-state index in [1.807, 2.05) is 18.2 Å². The molecule has 0 unspecified atom stereocenters. The Kier molecular flexibility index (Phi) is 6.05. The number of aliphatic hydroxyl groups excluding tert-OH is 1. The molecule has 0 aliphatic heterocycles. The van der Waals surface area contributed by atoms with Crippen molar-refractivity contribution in [1.82, 2.24) is 0 Å². The molecule has 0 heterocycles. The number of aliphatic hydroxyl groups is 1. The maximum atomic E-state index is 8.83. The van der Waals surface area contributed by atoms with E-state index in [0.717, 1.165) is 25.7 Å². The molecule has 1 aromatic rings. The number of benzene rings is 1. The molecule has 16 heavy (non-hydrogen) atoms. The van der Waals surface area contributed by atoms with E-state index in [1.54, 1.807) is 6.07 Å². The van der Waals surface area contributed by atoms with Gasteiger partial charge in [-0.3, -0.25) is 0 Å². The van der Waals surface area contributed by atoms with Gasteiger partial charge in [-0.25, -0.2) is 0 Å². The molecule has 0 aliphatic carbocycles. The van der Waals surface area contributed by atoms with Crippen molar-refractivity contribution in [3.63, 3.8) is 0 Å². The zero-order valence-electron chi connectivity index (χ0n) is 9.35. The van der Waals surface area contributed by atoms with E-state index >= 15 is 0 Å². The van der Waals surface area contributed by atoms with Gasteiger partial charge in [-0.15, -0.1) is 0 Å². The minimum Gasteiger partial charge on any atom is -0.492 e. The summed E-state index contributed by atoms with van der Waals surface area (Å²) in [5.41, 5.74) is 0.581. The zero-order chi connectivity index (χ0) is 11.6. The number of para-hydroxylation sites is 1. The molecule has 1 aromatic carbocycles. The third-order valence-electron chi connectivity index (χ3n) is 2.32. The predicted molar refractivity (Wildman–Crippen MR) is 62.2 cm³/mol. The molecule has 0 fully saturated rings. The molecule has 3 nitrogen and oxygen atoms in total. The van der Waals surface area contributed by atoms with Crippen molar-refractivity contribution in [2.45, 2.75) is 25.7 Å². The summed E-state index contributed by atoms with van der Waals surface area (Å²) in [4.78, 5) is 0. The minimum atomic E-state index is 0.262. The average Bonchev–Trinajstić information content (AvgIpc) is 2.34. The number of rotatable bonds is 7. The van der Waals surface area contributed by atoms with Gasteiger partial charge >= 0.3 is 0 Å². The van der Waals surface area contributed by atoms with E-state index in [1.165, 1.54) is 0 Å². The van der Waals surface area contributed by atoms with Crippen LogP contribution in [0.4, 0.5) is 0 Å². The molecule has 0 aliphatic rings. The van der Waals surface area contributed by atoms with Gasteiger partial charge in [0.2, 0.25) is 0 Å². The number of nitrogens with zero attached hydrogens (tertiary/aromatic N) is 1. The third-order valence-corrected chi connectivity index (χ3v) is 2.32. The first-order valence-electron chi connectivity index (χ1n) is 5.61. The second-order valence-electron chi connectivity index (χ2n) is 3.59. The minimum absolute atomic E-state index is 0.262. The van der Waals surface area contributed by atoms with Crippen LogP contribution >= 0.6 is 0 Å². The lowest BCUT2D eigenvalue weighted by Gasteiger charge is -2.06. The van der Waals surface area contributed by atoms with Crippen LogP contribution in [-0.4, -0.2) is 18.3 Å². The van der Waals surface area contributed by atoms with E-state index in [0.29, 0.717) is 17.9 Å². The number of hydrogen-bond donors (Lipinski definition) is 1. The molecule has 0 saturated heterocycles. The lowest BCUT2D eigenvalue weighted by Crippen LogP contribution is -1.99. The van der Waals surface area contributed by atoms with Crippen LogP contribution in [0.1, 0.15) is 31.2 Å². The van der Waals surface area contributed by atoms with Gasteiger partial charge in [0.05, 0.1) is 12.2 Å². The first-order valence-corrected chi connectivity index (χ1v) is 5.61. The summed E-state index contributed by atoms with van der Waals surface area (Å²) in [6.45, 7) is 0.891. The Morgan fingerprint density at radius 2 is 1.88 bits per heavy atom. The lowest BCUT2D eigenvalue weighted by atomic mass is 10.2. The molecule has 86 valence electrons. The Bertz CT molecular complexity index is 344. The molecule has 0 spiro atoms. The Hall–Kier alpha value is -1.53. The largest absolute Gasteiger partial charge is 0.492 e. The maximum absolute atomic E-state index is 8.83. The van der Waals surface area contributed by atoms with Crippen LogP contribution in [0.15, 0.2) is 24.3 Å². The van der Waals surface area contributed by atoms with Gasteiger partial charge in [0.15, 0.2) is 0 Å². The van der Waals surface area contributed by atoms with Crippen molar-refractivity contribution >= 4 is 0 Å². The molecular formula is C13H17NO2. The predicted octanol–water partition coefficient (Wildman–Crippen LogP) is 2.49. The Labute approximate surface area is 96.3 Å². The number of unbranched alkanes of at least 4 members (excludes halogenated alkanes) is 3. The number of ether oxygens (including phenoxy) is 1. The van der Waals surface area contributed by atoms with Crippen LogP contribution in [0.2, 0.25) is 0 Å². The second kappa shape index (κ2) is 7.72. The maximum Gasteiger partial charge on any atom is 0.137 e. The fourth-order valence-electron chi connectivity index (χ4n) is 1.43. The summed E-state index contributed by atoms with van der Waals surface area (Å²) in [7, 11) is 0. The average molecular weight is 219 g/mol. The smallest absolute Gasteiger partial charge is 0.137 e. The molecule has 0 saturated carbocycles. The van der Waals surface area contributed by atoms with Gasteiger partial charge in [-0.2, -0.15) is 5.26 Å². The van der Waals surface area contributed by atoms with E-state index in [9.17, 15) is 0 Å². The highest BCUT2D eigenvalue weighted by Gasteiger charge is 2.00. The van der Waals surface area contributed by atoms with Gasteiger partial charge in [-0.1, -0.05) is 18.6 Å². The van der Waals surface area contributed by atoms with Crippen molar-refractivity contribution in [3.8, 4) is 11.8 Å². The van der Waals surface area contributed by atoms with Crippen LogP contribution in [-0.2, 0) is 0 Å². The molecule has 0 atom stereocenters. The summed E-state index contributed by atoms with van der Waals surface area (Å²) in [6, 6.07) is 9.35.